The molecule has 1 aromatic carbocycles. The fourth-order valence-corrected chi connectivity index (χ4v) is 2.01. The highest BCUT2D eigenvalue weighted by Crippen LogP contribution is 2.04. The summed E-state index contributed by atoms with van der Waals surface area (Å²) in [6.07, 6.45) is 7.50. The number of carbonyl (C=O) groups is 2. The Kier molecular flexibility index (Phi) is 7.34. The van der Waals surface area contributed by atoms with Gasteiger partial charge in [0.1, 0.15) is 0 Å². The molecule has 3 N–H and O–H groups in total. The number of amides is 2. The number of aromatic nitrogens is 1. The Balaban J connectivity index is 1.80. The van der Waals surface area contributed by atoms with E-state index in [1.54, 1.807) is 30.6 Å². The number of nitrogens with one attached hydrogen (secondary N) is 3. The summed E-state index contributed by atoms with van der Waals surface area (Å²) in [5.41, 5.74) is 7.88. The molecule has 2 aromatic rings. The largest absolute Gasteiger partial charge is 0.348 e. The van der Waals surface area contributed by atoms with E-state index in [4.69, 9.17) is 0 Å². The fraction of sp³-hybridized carbons (Fsp3) is 0.211. The molecular formula is C19H22N4O2. The van der Waals surface area contributed by atoms with Gasteiger partial charge in [-0.3, -0.25) is 20.0 Å². The van der Waals surface area contributed by atoms with E-state index in [-0.39, 0.29) is 11.8 Å². The predicted octanol–water partition coefficient (Wildman–Crippen LogP) is 2.06. The minimum Gasteiger partial charge on any atom is -0.348 e. The number of benzene rings is 1. The van der Waals surface area contributed by atoms with Crippen molar-refractivity contribution in [1.82, 2.24) is 21.2 Å². The normalized spacial score (nSPS) is 10.6. The van der Waals surface area contributed by atoms with E-state index >= 15 is 0 Å². The maximum Gasteiger partial charge on any atom is 0.265 e. The molecule has 0 bridgehead atoms. The van der Waals surface area contributed by atoms with Gasteiger partial charge < -0.3 is 5.32 Å². The van der Waals surface area contributed by atoms with Crippen molar-refractivity contribution in [3.63, 3.8) is 0 Å². The Morgan fingerprint density at radius 3 is 2.48 bits per heavy atom. The monoisotopic (exact) mass is 338 g/mol. The summed E-state index contributed by atoms with van der Waals surface area (Å²) >= 11 is 0. The molecular weight excluding hydrogens is 316 g/mol. The molecule has 0 aliphatic heterocycles. The summed E-state index contributed by atoms with van der Waals surface area (Å²) in [6, 6.07) is 10.8. The lowest BCUT2D eigenvalue weighted by Gasteiger charge is -2.07. The molecule has 2 amide bonds. The van der Waals surface area contributed by atoms with E-state index < -0.39 is 0 Å². The second-order valence-corrected chi connectivity index (χ2v) is 5.41. The van der Waals surface area contributed by atoms with Gasteiger partial charge >= 0.3 is 0 Å². The van der Waals surface area contributed by atoms with Crippen LogP contribution in [0.5, 0.6) is 0 Å². The van der Waals surface area contributed by atoms with Gasteiger partial charge in [0.25, 0.3) is 5.91 Å². The van der Waals surface area contributed by atoms with Gasteiger partial charge in [0.15, 0.2) is 0 Å². The molecule has 0 saturated carbocycles. The molecule has 0 spiro atoms. The summed E-state index contributed by atoms with van der Waals surface area (Å²) < 4.78 is 0. The van der Waals surface area contributed by atoms with Crippen LogP contribution in [0.25, 0.3) is 6.08 Å². The van der Waals surface area contributed by atoms with Crippen LogP contribution in [0.4, 0.5) is 0 Å². The first-order chi connectivity index (χ1) is 12.2. The number of pyridine rings is 1. The van der Waals surface area contributed by atoms with Crippen molar-refractivity contribution in [2.45, 2.75) is 19.9 Å². The van der Waals surface area contributed by atoms with E-state index in [0.29, 0.717) is 12.1 Å². The Morgan fingerprint density at radius 1 is 1.08 bits per heavy atom. The molecule has 2 rings (SSSR count). The van der Waals surface area contributed by atoms with Crippen molar-refractivity contribution in [2.24, 2.45) is 0 Å². The standard InChI is InChI=1S/C19H22N4O2/c1-2-11-22-23-19(25)17-6-3-16(4-7-17)14-21-18(24)8-5-15-9-12-20-13-10-15/h3-10,12-13,22H,2,11,14H2,1H3,(H,21,24)(H,23,25)/b8-5+. The summed E-state index contributed by atoms with van der Waals surface area (Å²) in [7, 11) is 0. The minimum absolute atomic E-state index is 0.177. The third-order valence-electron chi connectivity index (χ3n) is 3.39. The molecule has 0 atom stereocenters. The van der Waals surface area contributed by atoms with Gasteiger partial charge in [-0.15, -0.1) is 0 Å². The van der Waals surface area contributed by atoms with Gasteiger partial charge in [0.05, 0.1) is 0 Å². The first kappa shape index (κ1) is 18.4. The lowest BCUT2D eigenvalue weighted by molar-refractivity contribution is -0.116. The van der Waals surface area contributed by atoms with Crippen LogP contribution in [0.2, 0.25) is 0 Å². The Labute approximate surface area is 147 Å². The second-order valence-electron chi connectivity index (χ2n) is 5.41. The van der Waals surface area contributed by atoms with Crippen molar-refractivity contribution in [3.05, 3.63) is 71.6 Å². The fourth-order valence-electron chi connectivity index (χ4n) is 2.01. The molecule has 0 aliphatic rings. The quantitative estimate of drug-likeness (QED) is 0.391. The summed E-state index contributed by atoms with van der Waals surface area (Å²) in [5, 5.41) is 2.81. The smallest absolute Gasteiger partial charge is 0.265 e. The van der Waals surface area contributed by atoms with Crippen LogP contribution in [0.1, 0.15) is 34.8 Å². The topological polar surface area (TPSA) is 83.1 Å². The predicted molar refractivity (Wildman–Crippen MR) is 97.3 cm³/mol. The third-order valence-corrected chi connectivity index (χ3v) is 3.39. The molecule has 6 nitrogen and oxygen atoms in total. The van der Waals surface area contributed by atoms with E-state index in [1.807, 2.05) is 31.2 Å². The van der Waals surface area contributed by atoms with Crippen LogP contribution < -0.4 is 16.2 Å². The summed E-state index contributed by atoms with van der Waals surface area (Å²) in [4.78, 5) is 27.6. The molecule has 1 aromatic heterocycles. The first-order valence-electron chi connectivity index (χ1n) is 8.17. The Hall–Kier alpha value is -2.99. The van der Waals surface area contributed by atoms with Gasteiger partial charge in [-0.05, 0) is 47.9 Å². The zero-order valence-corrected chi connectivity index (χ0v) is 14.2. The van der Waals surface area contributed by atoms with Crippen LogP contribution in [0.3, 0.4) is 0 Å². The highest BCUT2D eigenvalue weighted by molar-refractivity contribution is 5.94. The number of carbonyl (C=O) groups excluding carboxylic acids is 2. The molecule has 0 unspecified atom stereocenters. The van der Waals surface area contributed by atoms with Gasteiger partial charge in [-0.1, -0.05) is 19.1 Å². The third kappa shape index (κ3) is 6.56. The van der Waals surface area contributed by atoms with Gasteiger partial charge in [0.2, 0.25) is 5.91 Å². The van der Waals surface area contributed by atoms with Gasteiger partial charge in [0, 0.05) is 37.1 Å². The number of nitrogens with zero attached hydrogens (tertiary/aromatic N) is 1. The van der Waals surface area contributed by atoms with Crippen molar-refractivity contribution in [2.75, 3.05) is 6.54 Å². The zero-order chi connectivity index (χ0) is 17.9. The summed E-state index contributed by atoms with van der Waals surface area (Å²) in [5.74, 6) is -0.355. The van der Waals surface area contributed by atoms with E-state index in [9.17, 15) is 9.59 Å². The molecule has 6 heteroatoms. The number of rotatable bonds is 8. The van der Waals surface area contributed by atoms with Crippen molar-refractivity contribution in [1.29, 1.82) is 0 Å². The zero-order valence-electron chi connectivity index (χ0n) is 14.2. The van der Waals surface area contributed by atoms with Crippen molar-refractivity contribution < 1.29 is 9.59 Å². The molecule has 0 radical (unpaired) electrons. The Morgan fingerprint density at radius 2 is 1.80 bits per heavy atom. The van der Waals surface area contributed by atoms with E-state index in [2.05, 4.69) is 21.2 Å². The van der Waals surface area contributed by atoms with Crippen molar-refractivity contribution in [3.8, 4) is 0 Å². The van der Waals surface area contributed by atoms with E-state index in [0.717, 1.165) is 24.1 Å². The Bertz CT molecular complexity index is 712. The number of hydrogen-bond donors (Lipinski definition) is 3. The second kappa shape index (κ2) is 10.00. The lowest BCUT2D eigenvalue weighted by atomic mass is 10.1. The minimum atomic E-state index is -0.178. The lowest BCUT2D eigenvalue weighted by Crippen LogP contribution is -2.37. The average molecular weight is 338 g/mol. The maximum atomic E-state index is 11.9. The van der Waals surface area contributed by atoms with E-state index in [1.165, 1.54) is 6.08 Å². The maximum absolute atomic E-state index is 11.9. The molecule has 0 fully saturated rings. The summed E-state index contributed by atoms with van der Waals surface area (Å²) in [6.45, 7) is 3.15. The first-order valence-corrected chi connectivity index (χ1v) is 8.17. The molecule has 1 heterocycles. The van der Waals surface area contributed by atoms with Crippen LogP contribution in [-0.4, -0.2) is 23.3 Å². The number of hydrogen-bond acceptors (Lipinski definition) is 4. The molecule has 130 valence electrons. The molecule has 0 aliphatic carbocycles. The SMILES string of the molecule is CCCNNC(=O)c1ccc(CNC(=O)/C=C/c2ccncc2)cc1. The van der Waals surface area contributed by atoms with Crippen LogP contribution in [-0.2, 0) is 11.3 Å². The number of hydrazine groups is 1. The van der Waals surface area contributed by atoms with Crippen molar-refractivity contribution >= 4 is 17.9 Å². The van der Waals surface area contributed by atoms with Gasteiger partial charge in [-0.25, -0.2) is 5.43 Å². The molecule has 0 saturated heterocycles. The van der Waals surface area contributed by atoms with Crippen LogP contribution in [0, 0.1) is 0 Å². The van der Waals surface area contributed by atoms with Crippen LogP contribution >= 0.6 is 0 Å². The highest BCUT2D eigenvalue weighted by Gasteiger charge is 2.04. The average Bonchev–Trinajstić information content (AvgIpc) is 2.66. The molecule has 25 heavy (non-hydrogen) atoms. The van der Waals surface area contributed by atoms with Gasteiger partial charge in [-0.2, -0.15) is 0 Å². The van der Waals surface area contributed by atoms with Crippen LogP contribution in [0.15, 0.2) is 54.9 Å². The highest BCUT2D eigenvalue weighted by atomic mass is 16.2.